The topological polar surface area (TPSA) is 41.4 Å². The van der Waals surface area contributed by atoms with Gasteiger partial charge in [0.05, 0.1) is 23.6 Å². The summed E-state index contributed by atoms with van der Waals surface area (Å²) < 4.78 is 30.1. The summed E-state index contributed by atoms with van der Waals surface area (Å²) in [7, 11) is 0. The van der Waals surface area contributed by atoms with Crippen LogP contribution in [0.1, 0.15) is 48.7 Å². The number of rotatable bonds is 7. The van der Waals surface area contributed by atoms with Gasteiger partial charge in [-0.15, -0.1) is 0 Å². The number of aromatic nitrogens is 2. The van der Waals surface area contributed by atoms with E-state index in [-0.39, 0.29) is 23.5 Å². The van der Waals surface area contributed by atoms with Gasteiger partial charge in [0.15, 0.2) is 0 Å². The van der Waals surface area contributed by atoms with E-state index >= 15 is 0 Å². The van der Waals surface area contributed by atoms with E-state index in [1.54, 1.807) is 12.1 Å². The highest BCUT2D eigenvalue weighted by atomic mass is 19.1. The summed E-state index contributed by atoms with van der Waals surface area (Å²) in [6.45, 7) is 4.93. The normalized spacial score (nSPS) is 16.2. The minimum atomic E-state index is -0.310. The lowest BCUT2D eigenvalue weighted by Gasteiger charge is -2.31. The van der Waals surface area contributed by atoms with Crippen LogP contribution in [0.5, 0.6) is 0 Å². The first-order chi connectivity index (χ1) is 16.5. The molecule has 1 saturated carbocycles. The molecule has 0 saturated heterocycles. The van der Waals surface area contributed by atoms with Gasteiger partial charge < -0.3 is 4.90 Å². The van der Waals surface area contributed by atoms with E-state index in [4.69, 9.17) is 5.10 Å². The molecule has 178 valence electrons. The summed E-state index contributed by atoms with van der Waals surface area (Å²) in [6.07, 6.45) is 3.75. The van der Waals surface area contributed by atoms with E-state index in [1.165, 1.54) is 18.2 Å². The van der Waals surface area contributed by atoms with Gasteiger partial charge in [0.2, 0.25) is 5.91 Å². The molecule has 34 heavy (non-hydrogen) atoms. The Hall–Kier alpha value is -3.06. The van der Waals surface area contributed by atoms with Crippen molar-refractivity contribution in [1.82, 2.24) is 19.6 Å². The summed E-state index contributed by atoms with van der Waals surface area (Å²) >= 11 is 0. The zero-order chi connectivity index (χ0) is 23.7. The number of halogens is 2. The molecular formula is C27H30F2N4O. The number of hydrogen-bond donors (Lipinski definition) is 0. The number of amides is 1. The van der Waals surface area contributed by atoms with E-state index in [0.29, 0.717) is 37.4 Å². The van der Waals surface area contributed by atoms with Crippen molar-refractivity contribution >= 4 is 5.91 Å². The van der Waals surface area contributed by atoms with Crippen LogP contribution in [0, 0.1) is 17.6 Å². The fraction of sp³-hybridized carbons (Fsp3) is 0.407. The Kier molecular flexibility index (Phi) is 6.46. The van der Waals surface area contributed by atoms with Crippen molar-refractivity contribution < 1.29 is 13.6 Å². The maximum atomic E-state index is 14.3. The monoisotopic (exact) mass is 464 g/mol. The summed E-state index contributed by atoms with van der Waals surface area (Å²) in [5.74, 6) is -0.191. The molecule has 2 aliphatic rings. The Morgan fingerprint density at radius 2 is 1.97 bits per heavy atom. The molecule has 5 nitrogen and oxygen atoms in total. The SMILES string of the molecule is CCN(Cc1nn(-c2cccc(F)c2)c2c1CN(Cc1ccccc1F)CC2)C(=O)C1CCC1. The lowest BCUT2D eigenvalue weighted by molar-refractivity contribution is -0.138. The number of nitrogens with zero attached hydrogens (tertiary/aromatic N) is 4. The van der Waals surface area contributed by atoms with Crippen molar-refractivity contribution in [1.29, 1.82) is 0 Å². The predicted molar refractivity (Wildman–Crippen MR) is 126 cm³/mol. The van der Waals surface area contributed by atoms with Gasteiger partial charge in [0, 0.05) is 49.6 Å². The molecule has 2 heterocycles. The highest BCUT2D eigenvalue weighted by molar-refractivity contribution is 5.79. The lowest BCUT2D eigenvalue weighted by atomic mass is 9.84. The van der Waals surface area contributed by atoms with Crippen LogP contribution >= 0.6 is 0 Å². The summed E-state index contributed by atoms with van der Waals surface area (Å²) in [4.78, 5) is 17.1. The molecule has 2 aromatic carbocycles. The van der Waals surface area contributed by atoms with Gasteiger partial charge in [-0.3, -0.25) is 9.69 Å². The standard InChI is InChI=1S/C27H30F2N4O/c1-2-32(27(34)19-8-5-9-19)18-25-23-17-31(16-20-7-3-4-12-24(20)29)14-13-26(23)33(30-25)22-11-6-10-21(28)15-22/h3-4,6-7,10-12,15,19H,2,5,8-9,13-14,16-18H2,1H3. The van der Waals surface area contributed by atoms with Crippen LogP contribution in [0.2, 0.25) is 0 Å². The van der Waals surface area contributed by atoms with Crippen LogP contribution in [-0.2, 0) is 30.8 Å². The van der Waals surface area contributed by atoms with Crippen LogP contribution in [-0.4, -0.2) is 38.6 Å². The van der Waals surface area contributed by atoms with Crippen molar-refractivity contribution in [2.24, 2.45) is 5.92 Å². The van der Waals surface area contributed by atoms with Crippen molar-refractivity contribution in [2.45, 2.75) is 52.2 Å². The third kappa shape index (κ3) is 4.49. The molecule has 0 spiro atoms. The van der Waals surface area contributed by atoms with Crippen LogP contribution < -0.4 is 0 Å². The van der Waals surface area contributed by atoms with Crippen molar-refractivity contribution in [3.8, 4) is 5.69 Å². The molecule has 0 N–H and O–H groups in total. The first-order valence-corrected chi connectivity index (χ1v) is 12.1. The molecule has 1 aliphatic heterocycles. The van der Waals surface area contributed by atoms with E-state index in [1.807, 2.05) is 34.7 Å². The zero-order valence-corrected chi connectivity index (χ0v) is 19.5. The first kappa shape index (κ1) is 22.7. The Bertz CT molecular complexity index is 1190. The zero-order valence-electron chi connectivity index (χ0n) is 19.5. The molecule has 7 heteroatoms. The Balaban J connectivity index is 1.47. The number of fused-ring (bicyclic) bond motifs is 1. The smallest absolute Gasteiger partial charge is 0.226 e. The highest BCUT2D eigenvalue weighted by Crippen LogP contribution is 2.31. The summed E-state index contributed by atoms with van der Waals surface area (Å²) in [6, 6.07) is 13.3. The molecule has 3 aromatic rings. The Morgan fingerprint density at radius 3 is 2.68 bits per heavy atom. The number of carbonyl (C=O) groups is 1. The third-order valence-corrected chi connectivity index (χ3v) is 7.11. The second-order valence-electron chi connectivity index (χ2n) is 9.30. The van der Waals surface area contributed by atoms with Gasteiger partial charge in [-0.1, -0.05) is 30.7 Å². The third-order valence-electron chi connectivity index (χ3n) is 7.11. The van der Waals surface area contributed by atoms with E-state index < -0.39 is 0 Å². The summed E-state index contributed by atoms with van der Waals surface area (Å²) in [5.41, 5.74) is 4.29. The number of carbonyl (C=O) groups excluding carboxylic acids is 1. The first-order valence-electron chi connectivity index (χ1n) is 12.1. The minimum absolute atomic E-state index is 0.124. The van der Waals surface area contributed by atoms with Gasteiger partial charge in [-0.25, -0.2) is 13.5 Å². The van der Waals surface area contributed by atoms with Crippen molar-refractivity contribution in [3.63, 3.8) is 0 Å². The molecule has 1 fully saturated rings. The molecule has 1 amide bonds. The van der Waals surface area contributed by atoms with Gasteiger partial charge in [0.25, 0.3) is 0 Å². The molecular weight excluding hydrogens is 434 g/mol. The average Bonchev–Trinajstić information content (AvgIpc) is 3.15. The van der Waals surface area contributed by atoms with Crippen molar-refractivity contribution in [3.05, 3.63) is 82.7 Å². The van der Waals surface area contributed by atoms with Gasteiger partial charge in [0.1, 0.15) is 11.6 Å². The molecule has 0 atom stereocenters. The molecule has 5 rings (SSSR count). The van der Waals surface area contributed by atoms with Crippen LogP contribution in [0.15, 0.2) is 48.5 Å². The fourth-order valence-corrected chi connectivity index (χ4v) is 4.93. The van der Waals surface area contributed by atoms with Gasteiger partial charge in [-0.05, 0) is 44.0 Å². The Labute approximate surface area is 199 Å². The predicted octanol–water partition coefficient (Wildman–Crippen LogP) is 4.86. The van der Waals surface area contributed by atoms with E-state index in [2.05, 4.69) is 4.90 Å². The molecule has 0 bridgehead atoms. The minimum Gasteiger partial charge on any atom is -0.337 e. The number of hydrogen-bond acceptors (Lipinski definition) is 3. The van der Waals surface area contributed by atoms with Gasteiger partial charge in [-0.2, -0.15) is 5.10 Å². The second-order valence-corrected chi connectivity index (χ2v) is 9.30. The molecule has 1 aromatic heterocycles. The summed E-state index contributed by atoms with van der Waals surface area (Å²) in [5, 5.41) is 4.89. The van der Waals surface area contributed by atoms with Crippen molar-refractivity contribution in [2.75, 3.05) is 13.1 Å². The maximum absolute atomic E-state index is 14.3. The lowest BCUT2D eigenvalue weighted by Crippen LogP contribution is -2.39. The second kappa shape index (κ2) is 9.66. The highest BCUT2D eigenvalue weighted by Gasteiger charge is 2.31. The van der Waals surface area contributed by atoms with Crippen LogP contribution in [0.4, 0.5) is 8.78 Å². The average molecular weight is 465 g/mol. The number of benzene rings is 2. The fourth-order valence-electron chi connectivity index (χ4n) is 4.93. The van der Waals surface area contributed by atoms with Crippen LogP contribution in [0.25, 0.3) is 5.69 Å². The van der Waals surface area contributed by atoms with Crippen LogP contribution in [0.3, 0.4) is 0 Å². The molecule has 1 aliphatic carbocycles. The van der Waals surface area contributed by atoms with E-state index in [0.717, 1.165) is 49.2 Å². The largest absolute Gasteiger partial charge is 0.337 e. The molecule has 0 radical (unpaired) electrons. The quantitative estimate of drug-likeness (QED) is 0.502. The maximum Gasteiger partial charge on any atom is 0.226 e. The van der Waals surface area contributed by atoms with Gasteiger partial charge >= 0.3 is 0 Å². The molecule has 0 unspecified atom stereocenters. The van der Waals surface area contributed by atoms with E-state index in [9.17, 15) is 13.6 Å². The Morgan fingerprint density at radius 1 is 1.15 bits per heavy atom.